The quantitative estimate of drug-likeness (QED) is 0.862. The second-order valence-electron chi connectivity index (χ2n) is 6.16. The minimum absolute atomic E-state index is 0.174. The third kappa shape index (κ3) is 4.71. The maximum atomic E-state index is 5.93. The van der Waals surface area contributed by atoms with Gasteiger partial charge in [0.25, 0.3) is 0 Å². The largest absolute Gasteiger partial charge is 0.487 e. The number of rotatable bonds is 6. The Hall–Kier alpha value is -1.22. The molecule has 0 aliphatic carbocycles. The number of likely N-dealkylation sites (tertiary alicyclic amines) is 1. The number of benzene rings is 1. The van der Waals surface area contributed by atoms with Crippen LogP contribution >= 0.6 is 0 Å². The summed E-state index contributed by atoms with van der Waals surface area (Å²) >= 11 is 0. The summed E-state index contributed by atoms with van der Waals surface area (Å²) in [6.07, 6.45) is 2.91. The molecule has 2 atom stereocenters. The van der Waals surface area contributed by atoms with Gasteiger partial charge in [-0.25, -0.2) is 0 Å². The first-order chi connectivity index (χ1) is 9.65. The standard InChI is InChI=1S/C17H27NO2/c1-14(2)20-17-9-5-4-8-16(17)19-12-11-18-10-6-7-15(3)13-18/h4-5,8-9,14-15H,6-7,10-13H2,1-3H3/p+1/t15-/m1/s1. The van der Waals surface area contributed by atoms with E-state index in [1.54, 1.807) is 4.90 Å². The zero-order valence-corrected chi connectivity index (χ0v) is 13.0. The van der Waals surface area contributed by atoms with Crippen LogP contribution in [0.5, 0.6) is 11.5 Å². The normalized spacial score (nSPS) is 22.8. The smallest absolute Gasteiger partial charge is 0.161 e. The van der Waals surface area contributed by atoms with Crippen LogP contribution in [0.1, 0.15) is 33.6 Å². The molecule has 0 bridgehead atoms. The van der Waals surface area contributed by atoms with Crippen LogP contribution in [0.15, 0.2) is 24.3 Å². The molecule has 0 saturated carbocycles. The molecule has 1 aromatic carbocycles. The van der Waals surface area contributed by atoms with Crippen molar-refractivity contribution in [3.05, 3.63) is 24.3 Å². The molecule has 1 unspecified atom stereocenters. The van der Waals surface area contributed by atoms with E-state index in [4.69, 9.17) is 9.47 Å². The lowest BCUT2D eigenvalue weighted by atomic mass is 10.0. The Balaban J connectivity index is 1.81. The lowest BCUT2D eigenvalue weighted by molar-refractivity contribution is -0.908. The Morgan fingerprint density at radius 2 is 2.00 bits per heavy atom. The van der Waals surface area contributed by atoms with E-state index in [0.717, 1.165) is 30.6 Å². The predicted octanol–water partition coefficient (Wildman–Crippen LogP) is 2.17. The Bertz CT molecular complexity index is 406. The number of piperidine rings is 1. The summed E-state index contributed by atoms with van der Waals surface area (Å²) in [7, 11) is 0. The van der Waals surface area contributed by atoms with Crippen LogP contribution < -0.4 is 14.4 Å². The van der Waals surface area contributed by atoms with Crippen LogP contribution in [0, 0.1) is 5.92 Å². The first-order valence-corrected chi connectivity index (χ1v) is 7.87. The number of hydrogen-bond acceptors (Lipinski definition) is 2. The Kier molecular flexibility index (Phi) is 5.72. The van der Waals surface area contributed by atoms with Crippen molar-refractivity contribution in [1.82, 2.24) is 0 Å². The fraction of sp³-hybridized carbons (Fsp3) is 0.647. The van der Waals surface area contributed by atoms with E-state index in [9.17, 15) is 0 Å². The Morgan fingerprint density at radius 1 is 1.25 bits per heavy atom. The van der Waals surface area contributed by atoms with Crippen LogP contribution in [0.25, 0.3) is 0 Å². The molecular weight excluding hydrogens is 250 g/mol. The van der Waals surface area contributed by atoms with E-state index < -0.39 is 0 Å². The van der Waals surface area contributed by atoms with Crippen LogP contribution in [0.2, 0.25) is 0 Å². The lowest BCUT2D eigenvalue weighted by Gasteiger charge is -2.27. The van der Waals surface area contributed by atoms with Gasteiger partial charge in [0.1, 0.15) is 13.2 Å². The topological polar surface area (TPSA) is 22.9 Å². The maximum absolute atomic E-state index is 5.93. The molecule has 2 rings (SSSR count). The van der Waals surface area contributed by atoms with Crippen molar-refractivity contribution < 1.29 is 14.4 Å². The van der Waals surface area contributed by atoms with Crippen LogP contribution in [0.3, 0.4) is 0 Å². The van der Waals surface area contributed by atoms with E-state index in [2.05, 4.69) is 6.92 Å². The van der Waals surface area contributed by atoms with Crippen molar-refractivity contribution in [3.8, 4) is 11.5 Å². The molecule has 0 aromatic heterocycles. The van der Waals surface area contributed by atoms with Gasteiger partial charge in [-0.3, -0.25) is 0 Å². The summed E-state index contributed by atoms with van der Waals surface area (Å²) in [4.78, 5) is 1.67. The van der Waals surface area contributed by atoms with Gasteiger partial charge < -0.3 is 14.4 Å². The highest BCUT2D eigenvalue weighted by atomic mass is 16.5. The van der Waals surface area contributed by atoms with Crippen molar-refractivity contribution >= 4 is 0 Å². The molecule has 112 valence electrons. The highest BCUT2D eigenvalue weighted by Gasteiger charge is 2.19. The van der Waals surface area contributed by atoms with Gasteiger partial charge in [-0.2, -0.15) is 0 Å². The van der Waals surface area contributed by atoms with Crippen LogP contribution in [-0.4, -0.2) is 32.3 Å². The molecule has 1 fully saturated rings. The average Bonchev–Trinajstić information content (AvgIpc) is 2.40. The number of quaternary nitrogens is 1. The van der Waals surface area contributed by atoms with Gasteiger partial charge in [0.15, 0.2) is 11.5 Å². The molecule has 1 saturated heterocycles. The minimum Gasteiger partial charge on any atom is -0.487 e. The summed E-state index contributed by atoms with van der Waals surface area (Å²) < 4.78 is 11.7. The van der Waals surface area contributed by atoms with E-state index in [-0.39, 0.29) is 6.10 Å². The lowest BCUT2D eigenvalue weighted by Crippen LogP contribution is -3.14. The fourth-order valence-corrected chi connectivity index (χ4v) is 2.85. The van der Waals surface area contributed by atoms with Crippen LogP contribution in [-0.2, 0) is 0 Å². The number of ether oxygens (including phenoxy) is 2. The Labute approximate surface area is 122 Å². The van der Waals surface area contributed by atoms with E-state index in [1.807, 2.05) is 38.1 Å². The molecule has 1 aromatic rings. The van der Waals surface area contributed by atoms with Gasteiger partial charge in [-0.05, 0) is 38.8 Å². The first kappa shape index (κ1) is 15.2. The molecule has 1 aliphatic heterocycles. The van der Waals surface area contributed by atoms with Crippen LogP contribution in [0.4, 0.5) is 0 Å². The molecule has 3 heteroatoms. The van der Waals surface area contributed by atoms with Gasteiger partial charge in [-0.15, -0.1) is 0 Å². The third-order valence-electron chi connectivity index (χ3n) is 3.79. The highest BCUT2D eigenvalue weighted by molar-refractivity contribution is 5.39. The molecule has 3 nitrogen and oxygen atoms in total. The second kappa shape index (κ2) is 7.53. The zero-order chi connectivity index (χ0) is 14.4. The van der Waals surface area contributed by atoms with Crippen molar-refractivity contribution in [2.45, 2.75) is 39.7 Å². The van der Waals surface area contributed by atoms with Gasteiger partial charge in [0, 0.05) is 5.92 Å². The van der Waals surface area contributed by atoms with Gasteiger partial charge >= 0.3 is 0 Å². The average molecular weight is 278 g/mol. The maximum Gasteiger partial charge on any atom is 0.161 e. The number of para-hydroxylation sites is 2. The zero-order valence-electron chi connectivity index (χ0n) is 13.0. The number of nitrogens with one attached hydrogen (secondary N) is 1. The molecular formula is C17H28NO2+. The van der Waals surface area contributed by atoms with Gasteiger partial charge in [0.2, 0.25) is 0 Å². The van der Waals surface area contributed by atoms with E-state index >= 15 is 0 Å². The van der Waals surface area contributed by atoms with Gasteiger partial charge in [0.05, 0.1) is 19.2 Å². The molecule has 0 radical (unpaired) electrons. The minimum atomic E-state index is 0.174. The highest BCUT2D eigenvalue weighted by Crippen LogP contribution is 2.27. The summed E-state index contributed by atoms with van der Waals surface area (Å²) in [6.45, 7) is 10.9. The fourth-order valence-electron chi connectivity index (χ4n) is 2.85. The third-order valence-corrected chi connectivity index (χ3v) is 3.79. The van der Waals surface area contributed by atoms with E-state index in [1.165, 1.54) is 25.9 Å². The monoisotopic (exact) mass is 278 g/mol. The molecule has 1 heterocycles. The Morgan fingerprint density at radius 3 is 2.70 bits per heavy atom. The molecule has 0 amide bonds. The second-order valence-corrected chi connectivity index (χ2v) is 6.16. The van der Waals surface area contributed by atoms with E-state index in [0.29, 0.717) is 0 Å². The number of hydrogen-bond donors (Lipinski definition) is 1. The molecule has 20 heavy (non-hydrogen) atoms. The molecule has 0 spiro atoms. The summed E-state index contributed by atoms with van der Waals surface area (Å²) in [6, 6.07) is 7.96. The molecule has 1 aliphatic rings. The van der Waals surface area contributed by atoms with Crippen molar-refractivity contribution in [2.24, 2.45) is 5.92 Å². The van der Waals surface area contributed by atoms with Crippen molar-refractivity contribution in [2.75, 3.05) is 26.2 Å². The summed E-state index contributed by atoms with van der Waals surface area (Å²) in [5, 5.41) is 0. The SMILES string of the molecule is CC(C)Oc1ccccc1OCC[NH+]1CCC[C@@H](C)C1. The summed E-state index contributed by atoms with van der Waals surface area (Å²) in [5.74, 6) is 2.57. The van der Waals surface area contributed by atoms with Gasteiger partial charge in [-0.1, -0.05) is 19.1 Å². The van der Waals surface area contributed by atoms with Crippen molar-refractivity contribution in [1.29, 1.82) is 0 Å². The predicted molar refractivity (Wildman–Crippen MR) is 81.7 cm³/mol. The first-order valence-electron chi connectivity index (χ1n) is 7.87. The van der Waals surface area contributed by atoms with Crippen molar-refractivity contribution in [3.63, 3.8) is 0 Å². The molecule has 1 N–H and O–H groups in total. The summed E-state index contributed by atoms with van der Waals surface area (Å²) in [5.41, 5.74) is 0.